The fraction of sp³-hybridized carbons (Fsp3) is 0.250. The van der Waals surface area contributed by atoms with Crippen molar-refractivity contribution in [2.24, 2.45) is 0 Å². The quantitative estimate of drug-likeness (QED) is 0.843. The fourth-order valence-corrected chi connectivity index (χ4v) is 2.29. The van der Waals surface area contributed by atoms with Crippen molar-refractivity contribution in [1.29, 1.82) is 0 Å². The zero-order valence-electron chi connectivity index (χ0n) is 9.63. The Morgan fingerprint density at radius 1 is 1.39 bits per heavy atom. The molecule has 2 aromatic rings. The maximum absolute atomic E-state index is 11.0. The number of aromatic nitrogens is 3. The molecular formula is C12H12N4O2. The highest BCUT2D eigenvalue weighted by molar-refractivity contribution is 5.86. The van der Waals surface area contributed by atoms with Gasteiger partial charge in [-0.2, -0.15) is 10.3 Å². The number of para-hydroxylation sites is 1. The molecule has 2 N–H and O–H groups in total. The number of nitrogens with zero attached hydrogens (tertiary/aromatic N) is 3. The number of anilines is 1. The smallest absolute Gasteiger partial charge is 0.358 e. The van der Waals surface area contributed by atoms with Gasteiger partial charge in [-0.25, -0.2) is 4.79 Å². The third-order valence-corrected chi connectivity index (χ3v) is 3.15. The Labute approximate surface area is 103 Å². The first-order valence-corrected chi connectivity index (χ1v) is 5.71. The van der Waals surface area contributed by atoms with Gasteiger partial charge < -0.3 is 10.0 Å². The van der Waals surface area contributed by atoms with Crippen LogP contribution in [0.4, 0.5) is 5.69 Å². The molecule has 6 heteroatoms. The lowest BCUT2D eigenvalue weighted by atomic mass is 10.2. The minimum Gasteiger partial charge on any atom is -0.476 e. The van der Waals surface area contributed by atoms with Crippen LogP contribution >= 0.6 is 0 Å². The first-order chi connectivity index (χ1) is 8.75. The Kier molecular flexibility index (Phi) is 2.47. The second kappa shape index (κ2) is 4.14. The third-order valence-electron chi connectivity index (χ3n) is 3.15. The van der Waals surface area contributed by atoms with Crippen molar-refractivity contribution in [3.8, 4) is 0 Å². The molecule has 0 saturated heterocycles. The number of benzene rings is 1. The van der Waals surface area contributed by atoms with E-state index >= 15 is 0 Å². The van der Waals surface area contributed by atoms with Gasteiger partial charge in [-0.3, -0.25) is 0 Å². The van der Waals surface area contributed by atoms with E-state index in [1.807, 2.05) is 18.2 Å². The predicted octanol–water partition coefficient (Wildman–Crippen LogP) is 1.07. The summed E-state index contributed by atoms with van der Waals surface area (Å²) in [5, 5.41) is 18.9. The molecule has 0 amide bonds. The second-order valence-corrected chi connectivity index (χ2v) is 4.22. The van der Waals surface area contributed by atoms with E-state index in [4.69, 9.17) is 5.11 Å². The summed E-state index contributed by atoms with van der Waals surface area (Å²) >= 11 is 0. The Bertz CT molecular complexity index is 593. The maximum Gasteiger partial charge on any atom is 0.358 e. The average molecular weight is 244 g/mol. The lowest BCUT2D eigenvalue weighted by molar-refractivity contribution is 0.0689. The summed E-state index contributed by atoms with van der Waals surface area (Å²) in [4.78, 5) is 13.1. The van der Waals surface area contributed by atoms with Crippen LogP contribution in [0.3, 0.4) is 0 Å². The summed E-state index contributed by atoms with van der Waals surface area (Å²) in [6.07, 6.45) is 0.983. The first kappa shape index (κ1) is 10.8. The van der Waals surface area contributed by atoms with E-state index < -0.39 is 5.97 Å². The van der Waals surface area contributed by atoms with Gasteiger partial charge in [0.15, 0.2) is 5.69 Å². The third kappa shape index (κ3) is 1.71. The van der Waals surface area contributed by atoms with Crippen LogP contribution < -0.4 is 4.90 Å². The van der Waals surface area contributed by atoms with Gasteiger partial charge in [0, 0.05) is 12.2 Å². The molecule has 2 heterocycles. The van der Waals surface area contributed by atoms with Crippen LogP contribution in [-0.2, 0) is 13.0 Å². The number of aromatic carboxylic acids is 1. The van der Waals surface area contributed by atoms with Crippen molar-refractivity contribution in [3.63, 3.8) is 0 Å². The van der Waals surface area contributed by atoms with Gasteiger partial charge in [0.2, 0.25) is 0 Å². The molecule has 1 aliphatic heterocycles. The average Bonchev–Trinajstić information content (AvgIpc) is 2.97. The van der Waals surface area contributed by atoms with Crippen LogP contribution in [0.15, 0.2) is 24.3 Å². The van der Waals surface area contributed by atoms with E-state index in [0.29, 0.717) is 12.2 Å². The number of rotatable bonds is 3. The molecule has 0 saturated carbocycles. The topological polar surface area (TPSA) is 82.1 Å². The van der Waals surface area contributed by atoms with Crippen LogP contribution in [0.2, 0.25) is 0 Å². The van der Waals surface area contributed by atoms with E-state index in [2.05, 4.69) is 26.4 Å². The zero-order chi connectivity index (χ0) is 12.5. The van der Waals surface area contributed by atoms with Gasteiger partial charge in [-0.15, -0.1) is 5.10 Å². The van der Waals surface area contributed by atoms with Gasteiger partial charge in [-0.05, 0) is 18.1 Å². The highest BCUT2D eigenvalue weighted by atomic mass is 16.4. The summed E-state index contributed by atoms with van der Waals surface area (Å²) in [7, 11) is 0. The number of hydrogen-bond donors (Lipinski definition) is 2. The number of nitrogens with one attached hydrogen (secondary N) is 1. The van der Waals surface area contributed by atoms with E-state index in [-0.39, 0.29) is 5.69 Å². The van der Waals surface area contributed by atoms with Crippen LogP contribution in [0.25, 0.3) is 0 Å². The first-order valence-electron chi connectivity index (χ1n) is 5.71. The Morgan fingerprint density at radius 3 is 3.06 bits per heavy atom. The molecule has 92 valence electrons. The van der Waals surface area contributed by atoms with Gasteiger partial charge >= 0.3 is 5.97 Å². The zero-order valence-corrected chi connectivity index (χ0v) is 9.63. The summed E-state index contributed by atoms with van der Waals surface area (Å²) < 4.78 is 0. The number of fused-ring (bicyclic) bond motifs is 1. The monoisotopic (exact) mass is 244 g/mol. The Balaban J connectivity index is 1.86. The van der Waals surface area contributed by atoms with E-state index in [1.54, 1.807) is 0 Å². The van der Waals surface area contributed by atoms with Crippen molar-refractivity contribution in [2.75, 3.05) is 11.4 Å². The molecule has 0 unspecified atom stereocenters. The number of H-pyrrole nitrogens is 1. The number of aromatic amines is 1. The standard InChI is InChI=1S/C12H12N4O2/c17-12(18)11-9(13-15-14-11)7-16-6-5-8-3-1-2-4-10(8)16/h1-4H,5-7H2,(H,17,18)(H,13,14,15). The number of carboxylic acids is 1. The summed E-state index contributed by atoms with van der Waals surface area (Å²) in [5.74, 6) is -1.05. The minimum absolute atomic E-state index is 0.000573. The van der Waals surface area contributed by atoms with Gasteiger partial charge in [0.1, 0.15) is 5.69 Å². The molecule has 1 aromatic heterocycles. The van der Waals surface area contributed by atoms with Crippen molar-refractivity contribution in [2.45, 2.75) is 13.0 Å². The van der Waals surface area contributed by atoms with Crippen molar-refractivity contribution in [3.05, 3.63) is 41.2 Å². The van der Waals surface area contributed by atoms with E-state index in [9.17, 15) is 4.79 Å². The molecule has 1 aliphatic rings. The molecule has 0 radical (unpaired) electrons. The van der Waals surface area contributed by atoms with Crippen molar-refractivity contribution >= 4 is 11.7 Å². The molecule has 18 heavy (non-hydrogen) atoms. The lowest BCUT2D eigenvalue weighted by Gasteiger charge is -2.17. The normalized spacial score (nSPS) is 13.7. The van der Waals surface area contributed by atoms with Crippen LogP contribution in [-0.4, -0.2) is 33.0 Å². The number of carboxylic acid groups (broad SMARTS) is 1. The Hall–Kier alpha value is -2.37. The molecule has 0 bridgehead atoms. The Morgan fingerprint density at radius 2 is 2.22 bits per heavy atom. The lowest BCUT2D eigenvalue weighted by Crippen LogP contribution is -2.21. The molecule has 0 spiro atoms. The fourth-order valence-electron chi connectivity index (χ4n) is 2.29. The SMILES string of the molecule is O=C(O)c1n[nH]nc1CN1CCc2ccccc21. The highest BCUT2D eigenvalue weighted by Gasteiger charge is 2.22. The molecule has 0 fully saturated rings. The maximum atomic E-state index is 11.0. The largest absolute Gasteiger partial charge is 0.476 e. The van der Waals surface area contributed by atoms with E-state index in [1.165, 1.54) is 5.56 Å². The van der Waals surface area contributed by atoms with Gasteiger partial charge in [-0.1, -0.05) is 18.2 Å². The summed E-state index contributed by atoms with van der Waals surface area (Å²) in [5.41, 5.74) is 2.91. The molecule has 0 atom stereocenters. The molecule has 3 rings (SSSR count). The van der Waals surface area contributed by atoms with Gasteiger partial charge in [0.25, 0.3) is 0 Å². The number of hydrogen-bond acceptors (Lipinski definition) is 4. The second-order valence-electron chi connectivity index (χ2n) is 4.22. The molecule has 0 aliphatic carbocycles. The summed E-state index contributed by atoms with van der Waals surface area (Å²) in [6.45, 7) is 1.35. The predicted molar refractivity (Wildman–Crippen MR) is 64.5 cm³/mol. The summed E-state index contributed by atoms with van der Waals surface area (Å²) in [6, 6.07) is 8.14. The molecular weight excluding hydrogens is 232 g/mol. The molecule has 6 nitrogen and oxygen atoms in total. The van der Waals surface area contributed by atoms with Crippen LogP contribution in [0.1, 0.15) is 21.7 Å². The highest BCUT2D eigenvalue weighted by Crippen LogP contribution is 2.28. The van der Waals surface area contributed by atoms with Gasteiger partial charge in [0.05, 0.1) is 6.54 Å². The van der Waals surface area contributed by atoms with Crippen LogP contribution in [0.5, 0.6) is 0 Å². The van der Waals surface area contributed by atoms with Crippen molar-refractivity contribution in [1.82, 2.24) is 15.4 Å². The van der Waals surface area contributed by atoms with Crippen LogP contribution in [0, 0.1) is 0 Å². The van der Waals surface area contributed by atoms with Crippen molar-refractivity contribution < 1.29 is 9.90 Å². The minimum atomic E-state index is -1.05. The number of carbonyl (C=O) groups is 1. The molecule has 1 aromatic carbocycles. The van der Waals surface area contributed by atoms with E-state index in [0.717, 1.165) is 18.7 Å².